The minimum atomic E-state index is -0.333. The Balaban J connectivity index is 2.19. The van der Waals surface area contributed by atoms with E-state index in [0.29, 0.717) is 21.2 Å². The maximum absolute atomic E-state index is 13.2. The van der Waals surface area contributed by atoms with Gasteiger partial charge in [-0.1, -0.05) is 18.3 Å². The van der Waals surface area contributed by atoms with Gasteiger partial charge in [-0.15, -0.1) is 10.2 Å². The molecule has 0 saturated heterocycles. The van der Waals surface area contributed by atoms with Crippen LogP contribution in [0.15, 0.2) is 18.2 Å². The predicted molar refractivity (Wildman–Crippen MR) is 67.8 cm³/mol. The van der Waals surface area contributed by atoms with Crippen molar-refractivity contribution in [3.05, 3.63) is 29.8 Å². The number of nitrogens with zero attached hydrogens (tertiary/aromatic N) is 4. The molecule has 3 rings (SSSR count). The minimum absolute atomic E-state index is 0.333. The molecule has 2 heterocycles. The van der Waals surface area contributed by atoms with Crippen LogP contribution in [0.3, 0.4) is 0 Å². The Hall–Kier alpha value is -2.02. The molecule has 0 saturated carbocycles. The first-order valence-corrected chi connectivity index (χ1v) is 6.27. The standard InChI is InChI=1S/C11H10FN5S/c1-2-9-14-15-11-17(9)16-10(18-11)7-5-6(12)3-4-8(7)13/h3-5H,2,13H2,1H3. The Morgan fingerprint density at radius 3 is 3.00 bits per heavy atom. The average Bonchev–Trinajstić information content (AvgIpc) is 2.91. The van der Waals surface area contributed by atoms with Gasteiger partial charge in [-0.25, -0.2) is 4.39 Å². The van der Waals surface area contributed by atoms with Gasteiger partial charge in [-0.05, 0) is 18.2 Å². The van der Waals surface area contributed by atoms with Crippen molar-refractivity contribution in [2.45, 2.75) is 13.3 Å². The van der Waals surface area contributed by atoms with Gasteiger partial charge in [0.2, 0.25) is 4.96 Å². The fraction of sp³-hybridized carbons (Fsp3) is 0.182. The molecular weight excluding hydrogens is 253 g/mol. The molecule has 5 nitrogen and oxygen atoms in total. The molecule has 0 amide bonds. The van der Waals surface area contributed by atoms with E-state index in [4.69, 9.17) is 5.73 Å². The number of halogens is 1. The van der Waals surface area contributed by atoms with E-state index in [1.165, 1.54) is 29.5 Å². The first-order valence-electron chi connectivity index (χ1n) is 5.45. The van der Waals surface area contributed by atoms with Crippen LogP contribution in [0.1, 0.15) is 12.7 Å². The third-order valence-electron chi connectivity index (χ3n) is 2.62. The summed E-state index contributed by atoms with van der Waals surface area (Å²) in [6.45, 7) is 1.98. The Bertz CT molecular complexity index is 717. The van der Waals surface area contributed by atoms with Crippen molar-refractivity contribution >= 4 is 22.0 Å². The monoisotopic (exact) mass is 263 g/mol. The maximum atomic E-state index is 13.2. The first-order chi connectivity index (χ1) is 8.69. The van der Waals surface area contributed by atoms with Crippen molar-refractivity contribution in [1.29, 1.82) is 0 Å². The number of fused-ring (bicyclic) bond motifs is 1. The molecule has 0 unspecified atom stereocenters. The van der Waals surface area contributed by atoms with Crippen molar-refractivity contribution in [2.75, 3.05) is 5.73 Å². The van der Waals surface area contributed by atoms with Gasteiger partial charge in [0.15, 0.2) is 5.82 Å². The molecule has 7 heteroatoms. The van der Waals surface area contributed by atoms with Gasteiger partial charge < -0.3 is 5.73 Å². The van der Waals surface area contributed by atoms with Gasteiger partial charge in [0, 0.05) is 17.7 Å². The molecule has 0 bridgehead atoms. The molecule has 0 fully saturated rings. The maximum Gasteiger partial charge on any atom is 0.234 e. The molecule has 0 aliphatic carbocycles. The van der Waals surface area contributed by atoms with Crippen LogP contribution >= 0.6 is 11.3 Å². The Morgan fingerprint density at radius 2 is 2.22 bits per heavy atom. The molecule has 2 N–H and O–H groups in total. The summed E-state index contributed by atoms with van der Waals surface area (Å²) in [5, 5.41) is 13.1. The average molecular weight is 263 g/mol. The largest absolute Gasteiger partial charge is 0.398 e. The second-order valence-corrected chi connectivity index (χ2v) is 4.76. The number of anilines is 1. The Kier molecular flexibility index (Phi) is 2.48. The SMILES string of the molecule is CCc1nnc2sc(-c3cc(F)ccc3N)nn12. The van der Waals surface area contributed by atoms with Gasteiger partial charge in [0.25, 0.3) is 0 Å². The highest BCUT2D eigenvalue weighted by Gasteiger charge is 2.14. The summed E-state index contributed by atoms with van der Waals surface area (Å²) in [7, 11) is 0. The summed E-state index contributed by atoms with van der Waals surface area (Å²) >= 11 is 1.34. The molecular formula is C11H10FN5S. The van der Waals surface area contributed by atoms with Gasteiger partial charge in [-0.3, -0.25) is 0 Å². The van der Waals surface area contributed by atoms with Crippen LogP contribution in [-0.2, 0) is 6.42 Å². The topological polar surface area (TPSA) is 69.1 Å². The van der Waals surface area contributed by atoms with Gasteiger partial charge in [0.05, 0.1) is 0 Å². The number of hydrogen-bond donors (Lipinski definition) is 1. The lowest BCUT2D eigenvalue weighted by Crippen LogP contribution is -1.95. The van der Waals surface area contributed by atoms with Gasteiger partial charge in [-0.2, -0.15) is 9.61 Å². The van der Waals surface area contributed by atoms with Crippen LogP contribution < -0.4 is 5.73 Å². The van der Waals surface area contributed by atoms with Crippen LogP contribution in [0.25, 0.3) is 15.5 Å². The van der Waals surface area contributed by atoms with Crippen molar-refractivity contribution in [3.63, 3.8) is 0 Å². The van der Waals surface area contributed by atoms with Crippen molar-refractivity contribution < 1.29 is 4.39 Å². The summed E-state index contributed by atoms with van der Waals surface area (Å²) in [5.74, 6) is 0.448. The number of aromatic nitrogens is 4. The molecule has 1 aromatic carbocycles. The number of rotatable bonds is 2. The molecule has 0 radical (unpaired) electrons. The zero-order valence-electron chi connectivity index (χ0n) is 9.59. The van der Waals surface area contributed by atoms with Crippen LogP contribution in [-0.4, -0.2) is 19.8 Å². The van der Waals surface area contributed by atoms with Crippen molar-refractivity contribution in [2.24, 2.45) is 0 Å². The Labute approximate surface area is 106 Å². The highest BCUT2D eigenvalue weighted by atomic mass is 32.1. The third kappa shape index (κ3) is 1.63. The number of nitrogen functional groups attached to an aromatic ring is 1. The zero-order valence-corrected chi connectivity index (χ0v) is 10.4. The van der Waals surface area contributed by atoms with Gasteiger partial charge in [0.1, 0.15) is 10.8 Å². The number of hydrogen-bond acceptors (Lipinski definition) is 5. The molecule has 92 valence electrons. The van der Waals surface area contributed by atoms with Crippen molar-refractivity contribution in [1.82, 2.24) is 19.8 Å². The van der Waals surface area contributed by atoms with Crippen molar-refractivity contribution in [3.8, 4) is 10.6 Å². The number of aryl methyl sites for hydroxylation is 1. The van der Waals surface area contributed by atoms with E-state index in [9.17, 15) is 4.39 Å². The number of nitrogens with two attached hydrogens (primary N) is 1. The minimum Gasteiger partial charge on any atom is -0.398 e. The van der Waals surface area contributed by atoms with E-state index in [0.717, 1.165) is 12.2 Å². The molecule has 0 atom stereocenters. The molecule has 2 aromatic heterocycles. The number of benzene rings is 1. The van der Waals surface area contributed by atoms with E-state index in [1.807, 2.05) is 6.92 Å². The van der Waals surface area contributed by atoms with E-state index in [-0.39, 0.29) is 5.82 Å². The lowest BCUT2D eigenvalue weighted by molar-refractivity contribution is 0.628. The van der Waals surface area contributed by atoms with E-state index < -0.39 is 0 Å². The third-order valence-corrected chi connectivity index (χ3v) is 3.55. The molecule has 0 aliphatic rings. The van der Waals surface area contributed by atoms with E-state index in [2.05, 4.69) is 15.3 Å². The quantitative estimate of drug-likeness (QED) is 0.719. The van der Waals surface area contributed by atoms with Crippen LogP contribution in [0.4, 0.5) is 10.1 Å². The highest BCUT2D eigenvalue weighted by Crippen LogP contribution is 2.30. The Morgan fingerprint density at radius 1 is 1.39 bits per heavy atom. The van der Waals surface area contributed by atoms with Gasteiger partial charge >= 0.3 is 0 Å². The lowest BCUT2D eigenvalue weighted by atomic mass is 10.2. The van der Waals surface area contributed by atoms with Crippen LogP contribution in [0.2, 0.25) is 0 Å². The molecule has 0 aliphatic heterocycles. The van der Waals surface area contributed by atoms with E-state index in [1.54, 1.807) is 4.52 Å². The summed E-state index contributed by atoms with van der Waals surface area (Å²) < 4.78 is 14.9. The van der Waals surface area contributed by atoms with E-state index >= 15 is 0 Å². The zero-order chi connectivity index (χ0) is 12.7. The highest BCUT2D eigenvalue weighted by molar-refractivity contribution is 7.19. The summed E-state index contributed by atoms with van der Waals surface area (Å²) in [6, 6.07) is 4.25. The fourth-order valence-electron chi connectivity index (χ4n) is 1.70. The summed E-state index contributed by atoms with van der Waals surface area (Å²) in [6.07, 6.45) is 0.739. The normalized spacial score (nSPS) is 11.2. The molecule has 18 heavy (non-hydrogen) atoms. The second-order valence-electron chi connectivity index (χ2n) is 3.80. The predicted octanol–water partition coefficient (Wildman–Crippen LogP) is 2.14. The first kappa shape index (κ1) is 11.1. The lowest BCUT2D eigenvalue weighted by Gasteiger charge is -2.00. The van der Waals surface area contributed by atoms with Crippen LogP contribution in [0, 0.1) is 5.82 Å². The second kappa shape index (κ2) is 4.02. The molecule has 0 spiro atoms. The molecule has 3 aromatic rings. The summed E-state index contributed by atoms with van der Waals surface area (Å²) in [4.78, 5) is 0.686. The van der Waals surface area contributed by atoms with Crippen LogP contribution in [0.5, 0.6) is 0 Å². The fourth-order valence-corrected chi connectivity index (χ4v) is 2.60. The summed E-state index contributed by atoms with van der Waals surface area (Å²) in [5.41, 5.74) is 6.93. The smallest absolute Gasteiger partial charge is 0.234 e.